The van der Waals surface area contributed by atoms with Crippen LogP contribution in [-0.2, 0) is 11.8 Å². The molecule has 5 nitrogen and oxygen atoms in total. The van der Waals surface area contributed by atoms with E-state index in [-0.39, 0.29) is 24.4 Å². The lowest BCUT2D eigenvalue weighted by molar-refractivity contribution is -0.135. The Hall–Kier alpha value is -1.07. The topological polar surface area (TPSA) is 50.2 Å². The normalized spacial score (nSPS) is 19.9. The molecule has 0 spiro atoms. The van der Waals surface area contributed by atoms with E-state index in [0.717, 1.165) is 25.1 Å². The highest BCUT2D eigenvalue weighted by Gasteiger charge is 2.29. The number of likely N-dealkylation sites (N-methyl/N-ethyl adjacent to an activating group) is 1. The van der Waals surface area contributed by atoms with E-state index >= 15 is 0 Å². The largest absolute Gasteiger partial charge is 0.341 e. The molecule has 0 aliphatic carbocycles. The number of nitrogens with zero attached hydrogens (tertiary/aromatic N) is 3. The van der Waals surface area contributed by atoms with Crippen molar-refractivity contribution in [3.05, 3.63) is 18.0 Å². The van der Waals surface area contributed by atoms with E-state index in [0.29, 0.717) is 11.8 Å². The number of halogens is 1. The maximum atomic E-state index is 12.8. The fourth-order valence-corrected chi connectivity index (χ4v) is 3.33. The Morgan fingerprint density at radius 1 is 1.50 bits per heavy atom. The predicted octanol–water partition coefficient (Wildman–Crippen LogP) is 2.39. The summed E-state index contributed by atoms with van der Waals surface area (Å²) in [4.78, 5) is 14.8. The number of aromatic nitrogens is 2. The van der Waals surface area contributed by atoms with Crippen LogP contribution in [0, 0.1) is 11.8 Å². The predicted molar refractivity (Wildman–Crippen MR) is 91.0 cm³/mol. The first kappa shape index (κ1) is 19.0. The minimum Gasteiger partial charge on any atom is -0.341 e. The van der Waals surface area contributed by atoms with Gasteiger partial charge in [0.05, 0.1) is 6.20 Å². The van der Waals surface area contributed by atoms with Crippen molar-refractivity contribution in [2.75, 3.05) is 20.1 Å². The molecule has 22 heavy (non-hydrogen) atoms. The zero-order chi connectivity index (χ0) is 15.4. The molecule has 1 aromatic rings. The van der Waals surface area contributed by atoms with Crippen molar-refractivity contribution >= 4 is 18.3 Å². The van der Waals surface area contributed by atoms with Crippen LogP contribution < -0.4 is 5.32 Å². The molecule has 1 aromatic heterocycles. The molecule has 126 valence electrons. The monoisotopic (exact) mass is 328 g/mol. The lowest BCUT2D eigenvalue weighted by Crippen LogP contribution is -2.45. The number of piperidine rings is 1. The lowest BCUT2D eigenvalue weighted by atomic mass is 9.89. The third kappa shape index (κ3) is 4.71. The molecule has 1 aliphatic heterocycles. The van der Waals surface area contributed by atoms with Crippen LogP contribution >= 0.6 is 12.4 Å². The number of hydrogen-bond donors (Lipinski definition) is 1. The van der Waals surface area contributed by atoms with E-state index in [2.05, 4.69) is 24.3 Å². The van der Waals surface area contributed by atoms with E-state index in [1.165, 1.54) is 12.8 Å². The number of carbonyl (C=O) groups excluding carboxylic acids is 1. The minimum absolute atomic E-state index is 0. The Morgan fingerprint density at radius 2 is 2.23 bits per heavy atom. The van der Waals surface area contributed by atoms with Crippen molar-refractivity contribution in [2.45, 2.75) is 39.2 Å². The lowest BCUT2D eigenvalue weighted by Gasteiger charge is -2.35. The highest BCUT2D eigenvalue weighted by molar-refractivity contribution is 5.85. The summed E-state index contributed by atoms with van der Waals surface area (Å²) in [7, 11) is 3.71. The number of aryl methyl sites for hydroxylation is 1. The van der Waals surface area contributed by atoms with Gasteiger partial charge in [-0.3, -0.25) is 9.48 Å². The molecule has 6 heteroatoms. The number of likely N-dealkylation sites (tertiary alicyclic amines) is 1. The van der Waals surface area contributed by atoms with Gasteiger partial charge in [-0.1, -0.05) is 13.8 Å². The van der Waals surface area contributed by atoms with Crippen molar-refractivity contribution in [1.82, 2.24) is 20.0 Å². The summed E-state index contributed by atoms with van der Waals surface area (Å²) in [6, 6.07) is -0.281. The first-order valence-corrected chi connectivity index (χ1v) is 7.95. The minimum atomic E-state index is -0.281. The van der Waals surface area contributed by atoms with Crippen LogP contribution in [0.4, 0.5) is 0 Å². The SMILES string of the molecule is CNC(C(=O)N1CCCC(CC(C)C)C1)c1cnn(C)c1.Cl. The van der Waals surface area contributed by atoms with Crippen LogP contribution in [0.3, 0.4) is 0 Å². The molecule has 0 saturated carbocycles. The van der Waals surface area contributed by atoms with Crippen LogP contribution in [0.25, 0.3) is 0 Å². The van der Waals surface area contributed by atoms with Crippen LogP contribution in [-0.4, -0.2) is 40.7 Å². The van der Waals surface area contributed by atoms with E-state index in [9.17, 15) is 4.79 Å². The van der Waals surface area contributed by atoms with Crippen molar-refractivity contribution in [1.29, 1.82) is 0 Å². The summed E-state index contributed by atoms with van der Waals surface area (Å²) in [6.07, 6.45) is 7.26. The van der Waals surface area contributed by atoms with Gasteiger partial charge in [0.15, 0.2) is 0 Å². The maximum Gasteiger partial charge on any atom is 0.244 e. The Morgan fingerprint density at radius 3 is 2.77 bits per heavy atom. The Kier molecular flexibility index (Phi) is 7.36. The quantitative estimate of drug-likeness (QED) is 0.903. The molecule has 1 N–H and O–H groups in total. The summed E-state index contributed by atoms with van der Waals surface area (Å²) in [5.41, 5.74) is 0.941. The van der Waals surface area contributed by atoms with E-state index < -0.39 is 0 Å². The zero-order valence-corrected chi connectivity index (χ0v) is 14.9. The molecular formula is C16H29ClN4O. The van der Waals surface area contributed by atoms with Gasteiger partial charge < -0.3 is 10.2 Å². The van der Waals surface area contributed by atoms with Gasteiger partial charge in [-0.25, -0.2) is 0 Å². The van der Waals surface area contributed by atoms with E-state index in [4.69, 9.17) is 0 Å². The molecule has 0 aromatic carbocycles. The number of hydrogen-bond acceptors (Lipinski definition) is 3. The summed E-state index contributed by atoms with van der Waals surface area (Å²) >= 11 is 0. The highest BCUT2D eigenvalue weighted by Crippen LogP contribution is 2.25. The van der Waals surface area contributed by atoms with Gasteiger partial charge in [0.25, 0.3) is 0 Å². The third-order valence-electron chi connectivity index (χ3n) is 4.23. The van der Waals surface area contributed by atoms with E-state index in [1.54, 1.807) is 10.9 Å². The maximum absolute atomic E-state index is 12.8. The molecule has 1 aliphatic rings. The Balaban J connectivity index is 0.00000242. The van der Waals surface area contributed by atoms with Crippen LogP contribution in [0.2, 0.25) is 0 Å². The molecule has 0 bridgehead atoms. The standard InChI is InChI=1S/C16H28N4O.ClH/c1-12(2)8-13-6-5-7-20(10-13)16(21)15(17-3)14-9-18-19(4)11-14;/h9,11-13,15,17H,5-8,10H2,1-4H3;1H. The summed E-state index contributed by atoms with van der Waals surface area (Å²) in [5.74, 6) is 1.52. The molecule has 1 saturated heterocycles. The third-order valence-corrected chi connectivity index (χ3v) is 4.23. The number of rotatable bonds is 5. The molecule has 2 unspecified atom stereocenters. The van der Waals surface area contributed by atoms with Crippen molar-refractivity contribution in [3.8, 4) is 0 Å². The summed E-state index contributed by atoms with van der Waals surface area (Å²) in [5, 5.41) is 7.31. The van der Waals surface area contributed by atoms with Gasteiger partial charge in [-0.2, -0.15) is 5.10 Å². The first-order valence-electron chi connectivity index (χ1n) is 7.95. The second kappa shape index (κ2) is 8.53. The molecule has 1 fully saturated rings. The van der Waals surface area contributed by atoms with Crippen LogP contribution in [0.5, 0.6) is 0 Å². The van der Waals surface area contributed by atoms with Gasteiger partial charge >= 0.3 is 0 Å². The number of nitrogens with one attached hydrogen (secondary N) is 1. The Bertz CT molecular complexity index is 474. The summed E-state index contributed by atoms with van der Waals surface area (Å²) < 4.78 is 1.74. The molecule has 1 amide bonds. The second-order valence-corrected chi connectivity index (χ2v) is 6.59. The van der Waals surface area contributed by atoms with Gasteiger partial charge in [0, 0.05) is 31.9 Å². The second-order valence-electron chi connectivity index (χ2n) is 6.59. The summed E-state index contributed by atoms with van der Waals surface area (Å²) in [6.45, 7) is 6.29. The smallest absolute Gasteiger partial charge is 0.244 e. The highest BCUT2D eigenvalue weighted by atomic mass is 35.5. The number of carbonyl (C=O) groups is 1. The van der Waals surface area contributed by atoms with Crippen molar-refractivity contribution in [2.24, 2.45) is 18.9 Å². The Labute approximate surface area is 139 Å². The zero-order valence-electron chi connectivity index (χ0n) is 14.1. The van der Waals surface area contributed by atoms with Crippen LogP contribution in [0.15, 0.2) is 12.4 Å². The fraction of sp³-hybridized carbons (Fsp3) is 0.750. The van der Waals surface area contributed by atoms with E-state index in [1.807, 2.05) is 25.2 Å². The van der Waals surface area contributed by atoms with Gasteiger partial charge in [-0.05, 0) is 38.1 Å². The molecular weight excluding hydrogens is 300 g/mol. The fourth-order valence-electron chi connectivity index (χ4n) is 3.33. The molecule has 2 heterocycles. The van der Waals surface area contributed by atoms with Crippen molar-refractivity contribution < 1.29 is 4.79 Å². The van der Waals surface area contributed by atoms with Crippen molar-refractivity contribution in [3.63, 3.8) is 0 Å². The van der Waals surface area contributed by atoms with Gasteiger partial charge in [0.1, 0.15) is 6.04 Å². The van der Waals surface area contributed by atoms with Crippen LogP contribution in [0.1, 0.15) is 44.7 Å². The first-order chi connectivity index (χ1) is 10.0. The average molecular weight is 329 g/mol. The molecule has 2 rings (SSSR count). The molecule has 0 radical (unpaired) electrons. The molecule has 2 atom stereocenters. The van der Waals surface area contributed by atoms with Gasteiger partial charge in [0.2, 0.25) is 5.91 Å². The van der Waals surface area contributed by atoms with Gasteiger partial charge in [-0.15, -0.1) is 12.4 Å². The number of amides is 1. The average Bonchev–Trinajstić information content (AvgIpc) is 2.85.